The first-order valence-electron chi connectivity index (χ1n) is 5.56. The predicted octanol–water partition coefficient (Wildman–Crippen LogP) is 3.70. The van der Waals surface area contributed by atoms with E-state index in [4.69, 9.17) is 4.84 Å². The molecule has 0 fully saturated rings. The Morgan fingerprint density at radius 1 is 1.41 bits per heavy atom. The SMILES string of the molecule is CCCC1=C(C#N)Sc2ccccc2N1OC. The number of anilines is 1. The number of allylic oxidation sites excluding steroid dienone is 2. The second kappa shape index (κ2) is 5.26. The van der Waals surface area contributed by atoms with Gasteiger partial charge in [-0.3, -0.25) is 4.84 Å². The Hall–Kier alpha value is -1.44. The molecule has 0 spiro atoms. The predicted molar refractivity (Wildman–Crippen MR) is 69.3 cm³/mol. The van der Waals surface area contributed by atoms with E-state index in [9.17, 15) is 5.26 Å². The third-order valence-corrected chi connectivity index (χ3v) is 3.67. The molecule has 88 valence electrons. The van der Waals surface area contributed by atoms with Crippen LogP contribution in [0.2, 0.25) is 0 Å². The number of nitriles is 1. The maximum absolute atomic E-state index is 9.22. The average Bonchev–Trinajstić information content (AvgIpc) is 2.38. The van der Waals surface area contributed by atoms with Crippen LogP contribution in [0, 0.1) is 11.3 Å². The third-order valence-electron chi connectivity index (χ3n) is 2.57. The second-order valence-electron chi connectivity index (χ2n) is 3.68. The van der Waals surface area contributed by atoms with Crippen LogP contribution in [0.3, 0.4) is 0 Å². The number of nitrogens with zero attached hydrogens (tertiary/aromatic N) is 2. The molecule has 0 N–H and O–H groups in total. The van der Waals surface area contributed by atoms with Gasteiger partial charge in [0, 0.05) is 4.90 Å². The molecule has 1 aliphatic rings. The largest absolute Gasteiger partial charge is 0.272 e. The summed E-state index contributed by atoms with van der Waals surface area (Å²) in [5, 5.41) is 11.0. The van der Waals surface area contributed by atoms with Gasteiger partial charge >= 0.3 is 0 Å². The number of para-hydroxylation sites is 1. The number of hydrogen-bond donors (Lipinski definition) is 0. The number of rotatable bonds is 3. The lowest BCUT2D eigenvalue weighted by Gasteiger charge is -2.30. The van der Waals surface area contributed by atoms with Crippen molar-refractivity contribution in [2.45, 2.75) is 24.7 Å². The molecule has 0 atom stereocenters. The standard InChI is InChI=1S/C13H14N2OS/c1-3-6-10-13(9-14)17-12-8-5-4-7-11(12)15(10)16-2/h4-5,7-8H,3,6H2,1-2H3. The summed E-state index contributed by atoms with van der Waals surface area (Å²) in [6.45, 7) is 2.10. The molecule has 0 saturated heterocycles. The fourth-order valence-electron chi connectivity index (χ4n) is 1.87. The fraction of sp³-hybridized carbons (Fsp3) is 0.308. The van der Waals surface area contributed by atoms with Gasteiger partial charge in [-0.1, -0.05) is 37.2 Å². The summed E-state index contributed by atoms with van der Waals surface area (Å²) in [4.78, 5) is 7.22. The van der Waals surface area contributed by atoms with E-state index in [1.54, 1.807) is 12.2 Å². The van der Waals surface area contributed by atoms with E-state index in [1.807, 2.05) is 24.3 Å². The molecule has 0 radical (unpaired) electrons. The minimum Gasteiger partial charge on any atom is -0.272 e. The molecular weight excluding hydrogens is 232 g/mol. The van der Waals surface area contributed by atoms with Crippen molar-refractivity contribution in [1.82, 2.24) is 0 Å². The van der Waals surface area contributed by atoms with Crippen molar-refractivity contribution in [2.24, 2.45) is 0 Å². The van der Waals surface area contributed by atoms with Crippen LogP contribution < -0.4 is 5.06 Å². The third kappa shape index (κ3) is 2.17. The first-order chi connectivity index (χ1) is 8.31. The summed E-state index contributed by atoms with van der Waals surface area (Å²) >= 11 is 1.52. The number of thioether (sulfide) groups is 1. The Labute approximate surface area is 106 Å². The highest BCUT2D eigenvalue weighted by Crippen LogP contribution is 2.43. The van der Waals surface area contributed by atoms with Crippen molar-refractivity contribution in [3.63, 3.8) is 0 Å². The molecule has 1 heterocycles. The van der Waals surface area contributed by atoms with Gasteiger partial charge < -0.3 is 0 Å². The summed E-state index contributed by atoms with van der Waals surface area (Å²) in [7, 11) is 1.64. The van der Waals surface area contributed by atoms with Crippen molar-refractivity contribution in [3.8, 4) is 6.07 Å². The van der Waals surface area contributed by atoms with Crippen LogP contribution in [-0.2, 0) is 4.84 Å². The van der Waals surface area contributed by atoms with E-state index in [-0.39, 0.29) is 0 Å². The van der Waals surface area contributed by atoms with Gasteiger partial charge in [0.15, 0.2) is 0 Å². The lowest BCUT2D eigenvalue weighted by Crippen LogP contribution is -2.24. The van der Waals surface area contributed by atoms with E-state index < -0.39 is 0 Å². The van der Waals surface area contributed by atoms with Gasteiger partial charge in [0.05, 0.1) is 18.5 Å². The smallest absolute Gasteiger partial charge is 0.112 e. The number of fused-ring (bicyclic) bond motifs is 1. The molecule has 0 amide bonds. The van der Waals surface area contributed by atoms with E-state index >= 15 is 0 Å². The van der Waals surface area contributed by atoms with E-state index in [2.05, 4.69) is 13.0 Å². The molecule has 2 rings (SSSR count). The van der Waals surface area contributed by atoms with Gasteiger partial charge in [-0.2, -0.15) is 5.26 Å². The highest BCUT2D eigenvalue weighted by molar-refractivity contribution is 8.03. The molecule has 1 aliphatic heterocycles. The zero-order chi connectivity index (χ0) is 12.3. The Morgan fingerprint density at radius 3 is 2.82 bits per heavy atom. The van der Waals surface area contributed by atoms with Gasteiger partial charge in [-0.15, -0.1) is 0 Å². The molecule has 1 aromatic carbocycles. The Balaban J connectivity index is 2.49. The van der Waals surface area contributed by atoms with Gasteiger partial charge in [0.2, 0.25) is 0 Å². The Morgan fingerprint density at radius 2 is 2.18 bits per heavy atom. The molecule has 1 aromatic rings. The maximum Gasteiger partial charge on any atom is 0.112 e. The molecule has 4 heteroatoms. The van der Waals surface area contributed by atoms with E-state index in [0.717, 1.165) is 34.0 Å². The molecule has 0 saturated carbocycles. The highest BCUT2D eigenvalue weighted by atomic mass is 32.2. The zero-order valence-electron chi connectivity index (χ0n) is 9.93. The highest BCUT2D eigenvalue weighted by Gasteiger charge is 2.25. The van der Waals surface area contributed by atoms with Crippen LogP contribution in [0.1, 0.15) is 19.8 Å². The van der Waals surface area contributed by atoms with Crippen LogP contribution in [-0.4, -0.2) is 7.11 Å². The topological polar surface area (TPSA) is 36.3 Å². The van der Waals surface area contributed by atoms with Crippen molar-refractivity contribution < 1.29 is 4.84 Å². The van der Waals surface area contributed by atoms with Gasteiger partial charge in [0.1, 0.15) is 11.0 Å². The van der Waals surface area contributed by atoms with Gasteiger partial charge in [-0.25, -0.2) is 5.06 Å². The van der Waals surface area contributed by atoms with Crippen molar-refractivity contribution in [2.75, 3.05) is 12.2 Å². The van der Waals surface area contributed by atoms with Crippen LogP contribution in [0.5, 0.6) is 0 Å². The van der Waals surface area contributed by atoms with Crippen LogP contribution in [0.15, 0.2) is 39.8 Å². The molecule has 0 unspecified atom stereocenters. The summed E-state index contributed by atoms with van der Waals surface area (Å²) in [5.41, 5.74) is 1.98. The van der Waals surface area contributed by atoms with E-state index in [0.29, 0.717) is 0 Å². The molecule has 0 bridgehead atoms. The lowest BCUT2D eigenvalue weighted by atomic mass is 10.2. The first kappa shape index (κ1) is 12.0. The van der Waals surface area contributed by atoms with Crippen molar-refractivity contribution in [3.05, 3.63) is 34.9 Å². The first-order valence-corrected chi connectivity index (χ1v) is 6.37. The maximum atomic E-state index is 9.22. The Kier molecular flexibility index (Phi) is 3.72. The fourth-order valence-corrected chi connectivity index (χ4v) is 2.84. The minimum absolute atomic E-state index is 0.729. The summed E-state index contributed by atoms with van der Waals surface area (Å²) in [5.74, 6) is 0. The quantitative estimate of drug-likeness (QED) is 0.815. The summed E-state index contributed by atoms with van der Waals surface area (Å²) in [6, 6.07) is 10.2. The normalized spacial score (nSPS) is 14.5. The van der Waals surface area contributed by atoms with Gasteiger partial charge in [-0.05, 0) is 18.6 Å². The van der Waals surface area contributed by atoms with Crippen molar-refractivity contribution in [1.29, 1.82) is 5.26 Å². The average molecular weight is 246 g/mol. The van der Waals surface area contributed by atoms with Crippen LogP contribution in [0.4, 0.5) is 5.69 Å². The summed E-state index contributed by atoms with van der Waals surface area (Å²) in [6.07, 6.45) is 1.83. The number of hydrogen-bond acceptors (Lipinski definition) is 4. The molecule has 0 aliphatic carbocycles. The van der Waals surface area contributed by atoms with E-state index in [1.165, 1.54) is 11.8 Å². The number of benzene rings is 1. The number of hydroxylamine groups is 1. The molecule has 0 aromatic heterocycles. The van der Waals surface area contributed by atoms with Gasteiger partial charge in [0.25, 0.3) is 0 Å². The molecular formula is C13H14N2OS. The monoisotopic (exact) mass is 246 g/mol. The lowest BCUT2D eigenvalue weighted by molar-refractivity contribution is 0.183. The van der Waals surface area contributed by atoms with Crippen molar-refractivity contribution >= 4 is 17.4 Å². The van der Waals surface area contributed by atoms with Crippen LogP contribution >= 0.6 is 11.8 Å². The minimum atomic E-state index is 0.729. The molecule has 3 nitrogen and oxygen atoms in total. The zero-order valence-corrected chi connectivity index (χ0v) is 10.8. The molecule has 17 heavy (non-hydrogen) atoms. The Bertz CT molecular complexity index is 490. The van der Waals surface area contributed by atoms with Crippen LogP contribution in [0.25, 0.3) is 0 Å². The second-order valence-corrected chi connectivity index (χ2v) is 4.74. The summed E-state index contributed by atoms with van der Waals surface area (Å²) < 4.78 is 0.